The first-order valence-electron chi connectivity index (χ1n) is 8.69. The molecule has 0 saturated heterocycles. The van der Waals surface area contributed by atoms with E-state index in [0.29, 0.717) is 6.54 Å². The number of carbonyl (C=O) groups excluding carboxylic acids is 1. The third-order valence-corrected chi connectivity index (χ3v) is 5.22. The zero-order valence-electron chi connectivity index (χ0n) is 14.3. The van der Waals surface area contributed by atoms with Gasteiger partial charge in [-0.15, -0.1) is 12.4 Å². The molecule has 1 amide bonds. The quantitative estimate of drug-likeness (QED) is 0.866. The average molecular weight is 377 g/mol. The van der Waals surface area contributed by atoms with Crippen LogP contribution in [0.4, 0.5) is 9.18 Å². The highest BCUT2D eigenvalue weighted by Gasteiger charge is 2.37. The van der Waals surface area contributed by atoms with E-state index in [2.05, 4.69) is 6.07 Å². The molecule has 4 nitrogen and oxygen atoms in total. The van der Waals surface area contributed by atoms with Gasteiger partial charge in [0, 0.05) is 12.6 Å². The summed E-state index contributed by atoms with van der Waals surface area (Å²) in [4.78, 5) is 14.5. The Morgan fingerprint density at radius 3 is 2.50 bits per heavy atom. The van der Waals surface area contributed by atoms with Crippen molar-refractivity contribution in [3.63, 3.8) is 0 Å². The predicted molar refractivity (Wildman–Crippen MR) is 99.8 cm³/mol. The number of nitrogens with two attached hydrogens (primary N) is 1. The Morgan fingerprint density at radius 1 is 1.12 bits per heavy atom. The summed E-state index contributed by atoms with van der Waals surface area (Å²) in [7, 11) is 0. The van der Waals surface area contributed by atoms with Crippen molar-refractivity contribution in [2.24, 2.45) is 5.73 Å². The molecule has 3 atom stereocenters. The Kier molecular flexibility index (Phi) is 5.49. The van der Waals surface area contributed by atoms with Crippen LogP contribution in [0.25, 0.3) is 0 Å². The van der Waals surface area contributed by atoms with Gasteiger partial charge in [0.2, 0.25) is 0 Å². The van der Waals surface area contributed by atoms with Crippen LogP contribution in [-0.2, 0) is 11.2 Å². The van der Waals surface area contributed by atoms with Crippen molar-refractivity contribution < 1.29 is 13.9 Å². The molecule has 6 heteroatoms. The second kappa shape index (κ2) is 7.64. The fourth-order valence-electron chi connectivity index (χ4n) is 3.61. The molecule has 2 aromatic carbocycles. The van der Waals surface area contributed by atoms with Crippen LogP contribution in [0.5, 0.6) is 0 Å². The molecule has 0 unspecified atom stereocenters. The molecular weight excluding hydrogens is 355 g/mol. The minimum absolute atomic E-state index is 0. The summed E-state index contributed by atoms with van der Waals surface area (Å²) in [6.07, 6.45) is 1.95. The minimum Gasteiger partial charge on any atom is -0.444 e. The van der Waals surface area contributed by atoms with E-state index in [0.717, 1.165) is 30.4 Å². The van der Waals surface area contributed by atoms with Crippen LogP contribution >= 0.6 is 12.4 Å². The van der Waals surface area contributed by atoms with Crippen molar-refractivity contribution in [3.05, 3.63) is 71.0 Å². The summed E-state index contributed by atoms with van der Waals surface area (Å²) in [6, 6.07) is 14.1. The van der Waals surface area contributed by atoms with Crippen LogP contribution in [-0.4, -0.2) is 29.7 Å². The number of amides is 1. The number of rotatable bonds is 2. The number of halogens is 2. The molecule has 0 radical (unpaired) electrons. The molecule has 1 heterocycles. The van der Waals surface area contributed by atoms with Gasteiger partial charge < -0.3 is 10.5 Å². The van der Waals surface area contributed by atoms with Crippen molar-refractivity contribution >= 4 is 18.5 Å². The van der Waals surface area contributed by atoms with E-state index in [1.165, 1.54) is 17.7 Å². The SMILES string of the molecule is Cl.N[C@@H]1CC[C@H]1OC(=O)N1CCc2ccccc2[C@@H]1c1ccc(F)cc1. The van der Waals surface area contributed by atoms with Crippen molar-refractivity contribution in [2.45, 2.75) is 37.5 Å². The lowest BCUT2D eigenvalue weighted by molar-refractivity contribution is 0.00721. The standard InChI is InChI=1S/C20H21FN2O2.ClH/c21-15-7-5-14(6-8-15)19-16-4-2-1-3-13(16)11-12-23(19)20(24)25-18-10-9-17(18)22;/h1-8,17-19H,9-12,22H2;1H/t17-,18-,19+;/m1./s1. The summed E-state index contributed by atoms with van der Waals surface area (Å²) in [5.41, 5.74) is 9.05. The second-order valence-corrected chi connectivity index (χ2v) is 6.76. The average Bonchev–Trinajstić information content (AvgIpc) is 2.64. The lowest BCUT2D eigenvalue weighted by Gasteiger charge is -2.40. The molecule has 1 aliphatic heterocycles. The van der Waals surface area contributed by atoms with Crippen LogP contribution in [0.3, 0.4) is 0 Å². The van der Waals surface area contributed by atoms with E-state index in [1.807, 2.05) is 18.2 Å². The van der Waals surface area contributed by atoms with Gasteiger partial charge in [-0.3, -0.25) is 4.90 Å². The molecule has 2 aromatic rings. The third-order valence-electron chi connectivity index (χ3n) is 5.22. The molecular formula is C20H22ClFN2O2. The maximum Gasteiger partial charge on any atom is 0.410 e. The second-order valence-electron chi connectivity index (χ2n) is 6.76. The van der Waals surface area contributed by atoms with Crippen LogP contribution < -0.4 is 5.73 Å². The van der Waals surface area contributed by atoms with Crippen molar-refractivity contribution in [2.75, 3.05) is 6.54 Å². The number of hydrogen-bond donors (Lipinski definition) is 1. The first-order valence-corrected chi connectivity index (χ1v) is 8.69. The van der Waals surface area contributed by atoms with E-state index in [9.17, 15) is 9.18 Å². The van der Waals surface area contributed by atoms with Gasteiger partial charge in [-0.25, -0.2) is 9.18 Å². The zero-order chi connectivity index (χ0) is 17.4. The number of carbonyl (C=O) groups is 1. The van der Waals surface area contributed by atoms with Crippen molar-refractivity contribution in [3.8, 4) is 0 Å². The molecule has 2 N–H and O–H groups in total. The summed E-state index contributed by atoms with van der Waals surface area (Å²) in [5, 5.41) is 0. The van der Waals surface area contributed by atoms with E-state index >= 15 is 0 Å². The Hall–Kier alpha value is -2.11. The molecule has 1 saturated carbocycles. The maximum atomic E-state index is 13.4. The Morgan fingerprint density at radius 2 is 1.85 bits per heavy atom. The predicted octanol–water partition coefficient (Wildman–Crippen LogP) is 3.82. The molecule has 1 fully saturated rings. The lowest BCUT2D eigenvalue weighted by Crippen LogP contribution is -2.50. The van der Waals surface area contributed by atoms with Gasteiger partial charge in [0.15, 0.2) is 0 Å². The van der Waals surface area contributed by atoms with Crippen molar-refractivity contribution in [1.29, 1.82) is 0 Å². The van der Waals surface area contributed by atoms with Gasteiger partial charge in [-0.05, 0) is 48.1 Å². The molecule has 26 heavy (non-hydrogen) atoms. The molecule has 138 valence electrons. The van der Waals surface area contributed by atoms with Crippen molar-refractivity contribution in [1.82, 2.24) is 4.90 Å². The number of nitrogens with zero attached hydrogens (tertiary/aromatic N) is 1. The molecule has 4 rings (SSSR count). The van der Waals surface area contributed by atoms with E-state index in [4.69, 9.17) is 10.5 Å². The fourth-order valence-corrected chi connectivity index (χ4v) is 3.61. The number of ether oxygens (including phenoxy) is 1. The largest absolute Gasteiger partial charge is 0.444 e. The van der Waals surface area contributed by atoms with Crippen LogP contribution in [0.15, 0.2) is 48.5 Å². The summed E-state index contributed by atoms with van der Waals surface area (Å²) in [6.45, 7) is 0.569. The highest BCUT2D eigenvalue weighted by atomic mass is 35.5. The normalized spacial score (nSPS) is 24.1. The number of benzene rings is 2. The number of hydrogen-bond acceptors (Lipinski definition) is 3. The minimum atomic E-state index is -0.344. The zero-order valence-corrected chi connectivity index (χ0v) is 15.1. The Balaban J connectivity index is 0.00000196. The Bertz CT molecular complexity index is 784. The molecule has 0 spiro atoms. The van der Waals surface area contributed by atoms with Gasteiger partial charge >= 0.3 is 6.09 Å². The van der Waals surface area contributed by atoms with Gasteiger partial charge in [-0.2, -0.15) is 0 Å². The van der Waals surface area contributed by atoms with E-state index in [1.54, 1.807) is 17.0 Å². The maximum absolute atomic E-state index is 13.4. The van der Waals surface area contributed by atoms with Crippen LogP contribution in [0.1, 0.15) is 35.6 Å². The monoisotopic (exact) mass is 376 g/mol. The van der Waals surface area contributed by atoms with Gasteiger partial charge in [-0.1, -0.05) is 36.4 Å². The highest BCUT2D eigenvalue weighted by Crippen LogP contribution is 2.36. The van der Waals surface area contributed by atoms with E-state index in [-0.39, 0.29) is 42.5 Å². The summed E-state index contributed by atoms with van der Waals surface area (Å²) >= 11 is 0. The first kappa shape index (κ1) is 18.7. The van der Waals surface area contributed by atoms with Gasteiger partial charge in [0.1, 0.15) is 11.9 Å². The lowest BCUT2D eigenvalue weighted by atomic mass is 9.88. The third kappa shape index (κ3) is 3.41. The smallest absolute Gasteiger partial charge is 0.410 e. The van der Waals surface area contributed by atoms with Crippen LogP contribution in [0.2, 0.25) is 0 Å². The fraction of sp³-hybridized carbons (Fsp3) is 0.350. The van der Waals surface area contributed by atoms with Crippen LogP contribution in [0, 0.1) is 5.82 Å². The topological polar surface area (TPSA) is 55.6 Å². The highest BCUT2D eigenvalue weighted by molar-refractivity contribution is 5.85. The Labute approximate surface area is 158 Å². The van der Waals surface area contributed by atoms with Gasteiger partial charge in [0.25, 0.3) is 0 Å². The van der Waals surface area contributed by atoms with E-state index < -0.39 is 0 Å². The summed E-state index contributed by atoms with van der Waals surface area (Å²) in [5.74, 6) is -0.289. The first-order chi connectivity index (χ1) is 12.1. The molecule has 2 aliphatic rings. The number of fused-ring (bicyclic) bond motifs is 1. The molecule has 1 aliphatic carbocycles. The molecule has 0 aromatic heterocycles. The van der Waals surface area contributed by atoms with Gasteiger partial charge in [0.05, 0.1) is 6.04 Å². The summed E-state index contributed by atoms with van der Waals surface area (Å²) < 4.78 is 19.0. The molecule has 0 bridgehead atoms.